The number of hydrogen-bond donors (Lipinski definition) is 2. The van der Waals surface area contributed by atoms with E-state index in [0.29, 0.717) is 17.3 Å². The highest BCUT2D eigenvalue weighted by Gasteiger charge is 2.12. The molecule has 0 fully saturated rings. The van der Waals surface area contributed by atoms with Crippen LogP contribution in [0.4, 0.5) is 14.9 Å². The molecule has 26 heavy (non-hydrogen) atoms. The zero-order chi connectivity index (χ0) is 18.7. The van der Waals surface area contributed by atoms with E-state index in [9.17, 15) is 9.18 Å². The van der Waals surface area contributed by atoms with Crippen LogP contribution in [0.1, 0.15) is 17.0 Å². The molecule has 0 radical (unpaired) electrons. The average Bonchev–Trinajstić information content (AvgIpc) is 2.90. The summed E-state index contributed by atoms with van der Waals surface area (Å²) in [5.41, 5.74) is 4.57. The summed E-state index contributed by atoms with van der Waals surface area (Å²) in [6.07, 6.45) is 0. The van der Waals surface area contributed by atoms with E-state index in [1.165, 1.54) is 12.1 Å². The monoisotopic (exact) mass is 371 g/mol. The first kappa shape index (κ1) is 18.0. The SMILES string of the molecule is Cc1cc(CNC(=O)Nc2ccc(Cl)cc2)c(C)n1-c1ccc(F)cc1. The Hall–Kier alpha value is -2.79. The number of anilines is 1. The molecule has 0 aliphatic rings. The first-order chi connectivity index (χ1) is 12.4. The van der Waals surface area contributed by atoms with Crippen LogP contribution in [0.25, 0.3) is 5.69 Å². The molecular weight excluding hydrogens is 353 g/mol. The maximum Gasteiger partial charge on any atom is 0.319 e. The lowest BCUT2D eigenvalue weighted by Gasteiger charge is -2.11. The summed E-state index contributed by atoms with van der Waals surface area (Å²) < 4.78 is 15.2. The Kier molecular flexibility index (Phi) is 5.28. The van der Waals surface area contributed by atoms with Gasteiger partial charge in [0.15, 0.2) is 0 Å². The number of aromatic nitrogens is 1. The molecule has 0 saturated carbocycles. The summed E-state index contributed by atoms with van der Waals surface area (Å²) in [6.45, 7) is 4.35. The summed E-state index contributed by atoms with van der Waals surface area (Å²) in [4.78, 5) is 12.1. The van der Waals surface area contributed by atoms with Gasteiger partial charge < -0.3 is 15.2 Å². The molecule has 0 aliphatic carbocycles. The van der Waals surface area contributed by atoms with Crippen molar-refractivity contribution in [1.82, 2.24) is 9.88 Å². The fourth-order valence-electron chi connectivity index (χ4n) is 2.88. The van der Waals surface area contributed by atoms with Crippen LogP contribution < -0.4 is 10.6 Å². The molecule has 0 saturated heterocycles. The zero-order valence-corrected chi connectivity index (χ0v) is 15.3. The number of urea groups is 1. The van der Waals surface area contributed by atoms with Crippen molar-refractivity contribution in [2.75, 3.05) is 5.32 Å². The standard InChI is InChI=1S/C20H19ClFN3O/c1-13-11-15(14(2)25(13)19-9-5-17(22)6-10-19)12-23-20(26)24-18-7-3-16(21)4-8-18/h3-11H,12H2,1-2H3,(H2,23,24,26). The van der Waals surface area contributed by atoms with Gasteiger partial charge in [-0.05, 0) is 74.0 Å². The molecule has 2 N–H and O–H groups in total. The summed E-state index contributed by atoms with van der Waals surface area (Å²) in [6, 6.07) is 15.0. The number of nitrogens with one attached hydrogen (secondary N) is 2. The molecule has 2 aromatic carbocycles. The third kappa shape index (κ3) is 4.06. The lowest BCUT2D eigenvalue weighted by atomic mass is 10.2. The molecule has 3 aromatic rings. The fraction of sp³-hybridized carbons (Fsp3) is 0.150. The van der Waals surface area contributed by atoms with Crippen molar-refractivity contribution in [2.24, 2.45) is 0 Å². The molecule has 1 heterocycles. The van der Waals surface area contributed by atoms with E-state index in [1.807, 2.05) is 24.5 Å². The van der Waals surface area contributed by atoms with E-state index in [1.54, 1.807) is 36.4 Å². The smallest absolute Gasteiger partial charge is 0.319 e. The van der Waals surface area contributed by atoms with Crippen molar-refractivity contribution < 1.29 is 9.18 Å². The molecule has 134 valence electrons. The van der Waals surface area contributed by atoms with E-state index in [-0.39, 0.29) is 11.8 Å². The fourth-order valence-corrected chi connectivity index (χ4v) is 3.01. The van der Waals surface area contributed by atoms with E-state index in [4.69, 9.17) is 11.6 Å². The average molecular weight is 372 g/mol. The summed E-state index contributed by atoms with van der Waals surface area (Å²) in [5, 5.41) is 6.22. The largest absolute Gasteiger partial charge is 0.334 e. The summed E-state index contributed by atoms with van der Waals surface area (Å²) >= 11 is 5.83. The first-order valence-corrected chi connectivity index (χ1v) is 8.56. The Morgan fingerprint density at radius 3 is 2.38 bits per heavy atom. The lowest BCUT2D eigenvalue weighted by molar-refractivity contribution is 0.251. The van der Waals surface area contributed by atoms with Crippen LogP contribution in [0.3, 0.4) is 0 Å². The molecule has 4 nitrogen and oxygen atoms in total. The van der Waals surface area contributed by atoms with Crippen molar-refractivity contribution in [2.45, 2.75) is 20.4 Å². The van der Waals surface area contributed by atoms with Gasteiger partial charge in [-0.1, -0.05) is 11.6 Å². The molecule has 0 bridgehead atoms. The van der Waals surface area contributed by atoms with Crippen LogP contribution in [0.5, 0.6) is 0 Å². The minimum atomic E-state index is -0.293. The van der Waals surface area contributed by atoms with E-state index >= 15 is 0 Å². The van der Waals surface area contributed by atoms with E-state index in [2.05, 4.69) is 10.6 Å². The van der Waals surface area contributed by atoms with Gasteiger partial charge >= 0.3 is 6.03 Å². The molecular formula is C20H19ClFN3O. The van der Waals surface area contributed by atoms with Crippen molar-refractivity contribution >= 4 is 23.3 Å². The maximum absolute atomic E-state index is 13.1. The Balaban J connectivity index is 1.68. The van der Waals surface area contributed by atoms with Crippen LogP contribution in [-0.2, 0) is 6.54 Å². The quantitative estimate of drug-likeness (QED) is 0.649. The van der Waals surface area contributed by atoms with Crippen LogP contribution in [0.2, 0.25) is 5.02 Å². The van der Waals surface area contributed by atoms with Crippen molar-refractivity contribution in [3.63, 3.8) is 0 Å². The number of halogens is 2. The number of hydrogen-bond acceptors (Lipinski definition) is 1. The lowest BCUT2D eigenvalue weighted by Crippen LogP contribution is -2.28. The number of rotatable bonds is 4. The molecule has 3 rings (SSSR count). The first-order valence-electron chi connectivity index (χ1n) is 8.18. The Morgan fingerprint density at radius 1 is 1.08 bits per heavy atom. The molecule has 0 atom stereocenters. The normalized spacial score (nSPS) is 10.6. The van der Waals surface area contributed by atoms with Gasteiger partial charge in [-0.2, -0.15) is 0 Å². The summed E-state index contributed by atoms with van der Waals surface area (Å²) in [7, 11) is 0. The third-order valence-corrected chi connectivity index (χ3v) is 4.41. The van der Waals surface area contributed by atoms with Gasteiger partial charge in [0.1, 0.15) is 5.82 Å². The van der Waals surface area contributed by atoms with Gasteiger partial charge in [-0.3, -0.25) is 0 Å². The number of amides is 2. The molecule has 0 aliphatic heterocycles. The third-order valence-electron chi connectivity index (χ3n) is 4.16. The number of aryl methyl sites for hydroxylation is 1. The highest BCUT2D eigenvalue weighted by Crippen LogP contribution is 2.21. The Morgan fingerprint density at radius 2 is 1.73 bits per heavy atom. The molecule has 0 spiro atoms. The highest BCUT2D eigenvalue weighted by molar-refractivity contribution is 6.30. The van der Waals surface area contributed by atoms with Gasteiger partial charge in [0.25, 0.3) is 0 Å². The number of carbonyl (C=O) groups is 1. The predicted molar refractivity (Wildman–Crippen MR) is 103 cm³/mol. The second kappa shape index (κ2) is 7.62. The van der Waals surface area contributed by atoms with Gasteiger partial charge in [-0.25, -0.2) is 9.18 Å². The van der Waals surface area contributed by atoms with E-state index in [0.717, 1.165) is 22.6 Å². The predicted octanol–water partition coefficient (Wildman–Crippen LogP) is 5.21. The maximum atomic E-state index is 13.1. The summed E-state index contributed by atoms with van der Waals surface area (Å²) in [5.74, 6) is -0.267. The Bertz CT molecular complexity index is 917. The topological polar surface area (TPSA) is 46.1 Å². The number of benzene rings is 2. The van der Waals surface area contributed by atoms with Gasteiger partial charge in [-0.15, -0.1) is 0 Å². The second-order valence-electron chi connectivity index (χ2n) is 6.02. The minimum absolute atomic E-state index is 0.267. The van der Waals surface area contributed by atoms with Gasteiger partial charge in [0.05, 0.1) is 0 Å². The van der Waals surface area contributed by atoms with Crippen LogP contribution in [-0.4, -0.2) is 10.6 Å². The van der Waals surface area contributed by atoms with Crippen molar-refractivity contribution in [1.29, 1.82) is 0 Å². The van der Waals surface area contributed by atoms with Crippen LogP contribution in [0.15, 0.2) is 54.6 Å². The second-order valence-corrected chi connectivity index (χ2v) is 6.46. The van der Waals surface area contributed by atoms with Gasteiger partial charge in [0, 0.05) is 34.3 Å². The van der Waals surface area contributed by atoms with Gasteiger partial charge in [0.2, 0.25) is 0 Å². The zero-order valence-electron chi connectivity index (χ0n) is 14.5. The van der Waals surface area contributed by atoms with Crippen molar-refractivity contribution in [3.8, 4) is 5.69 Å². The molecule has 6 heteroatoms. The number of carbonyl (C=O) groups excluding carboxylic acids is 1. The molecule has 0 unspecified atom stereocenters. The van der Waals surface area contributed by atoms with Crippen molar-refractivity contribution in [3.05, 3.63) is 82.4 Å². The molecule has 1 aromatic heterocycles. The Labute approximate surface area is 156 Å². The highest BCUT2D eigenvalue weighted by atomic mass is 35.5. The number of nitrogens with zero attached hydrogens (tertiary/aromatic N) is 1. The van der Waals surface area contributed by atoms with E-state index < -0.39 is 0 Å². The van der Waals surface area contributed by atoms with Crippen LogP contribution in [0, 0.1) is 19.7 Å². The minimum Gasteiger partial charge on any atom is -0.334 e. The molecule has 2 amide bonds. The van der Waals surface area contributed by atoms with Crippen LogP contribution >= 0.6 is 11.6 Å².